The molecule has 0 aliphatic rings. The topological polar surface area (TPSA) is 76.0 Å². The lowest BCUT2D eigenvalue weighted by atomic mass is 10.3. The molecule has 1 aromatic rings. The molecule has 0 amide bonds. The largest absolute Gasteiger partial charge is 0.317 e. The van der Waals surface area contributed by atoms with Crippen molar-refractivity contribution in [3.05, 3.63) is 12.4 Å². The van der Waals surface area contributed by atoms with Gasteiger partial charge in [0.25, 0.3) is 0 Å². The summed E-state index contributed by atoms with van der Waals surface area (Å²) in [6.07, 6.45) is 5.72. The van der Waals surface area contributed by atoms with Crippen LogP contribution in [0.1, 0.15) is 33.1 Å². The van der Waals surface area contributed by atoms with Gasteiger partial charge in [-0.05, 0) is 25.9 Å². The van der Waals surface area contributed by atoms with Crippen LogP contribution in [0.15, 0.2) is 17.3 Å². The van der Waals surface area contributed by atoms with Crippen LogP contribution in [0.3, 0.4) is 0 Å². The van der Waals surface area contributed by atoms with E-state index < -0.39 is 10.0 Å². The van der Waals surface area contributed by atoms with Crippen molar-refractivity contribution in [1.29, 1.82) is 0 Å². The summed E-state index contributed by atoms with van der Waals surface area (Å²) in [5, 5.41) is 7.30. The first-order valence-electron chi connectivity index (χ1n) is 6.83. The normalized spacial score (nSPS) is 11.9. The Hall–Kier alpha value is -0.920. The molecule has 2 N–H and O–H groups in total. The van der Waals surface area contributed by atoms with Gasteiger partial charge >= 0.3 is 0 Å². The van der Waals surface area contributed by atoms with Gasteiger partial charge in [0.05, 0.1) is 6.20 Å². The number of nitrogens with zero attached hydrogens (tertiary/aromatic N) is 2. The van der Waals surface area contributed by atoms with Crippen LogP contribution in [0.5, 0.6) is 0 Å². The molecule has 19 heavy (non-hydrogen) atoms. The van der Waals surface area contributed by atoms with Crippen molar-refractivity contribution in [2.24, 2.45) is 0 Å². The van der Waals surface area contributed by atoms with Crippen LogP contribution >= 0.6 is 0 Å². The zero-order valence-corrected chi connectivity index (χ0v) is 12.5. The molecule has 0 aliphatic carbocycles. The maximum atomic E-state index is 11.9. The fourth-order valence-corrected chi connectivity index (χ4v) is 2.64. The lowest BCUT2D eigenvalue weighted by Crippen LogP contribution is -2.24. The second kappa shape index (κ2) is 8.29. The highest BCUT2D eigenvalue weighted by Crippen LogP contribution is 2.07. The Labute approximate surface area is 115 Å². The second-order valence-corrected chi connectivity index (χ2v) is 6.16. The van der Waals surface area contributed by atoms with Crippen LogP contribution in [0, 0.1) is 0 Å². The Bertz CT molecular complexity index is 456. The quantitative estimate of drug-likeness (QED) is 0.629. The molecule has 1 aromatic heterocycles. The molecule has 6 nitrogen and oxygen atoms in total. The zero-order valence-electron chi connectivity index (χ0n) is 11.7. The molecule has 0 atom stereocenters. The van der Waals surface area contributed by atoms with Gasteiger partial charge in [0.1, 0.15) is 4.90 Å². The Morgan fingerprint density at radius 2 is 2.05 bits per heavy atom. The molecule has 0 saturated carbocycles. The first-order chi connectivity index (χ1) is 9.10. The van der Waals surface area contributed by atoms with Crippen molar-refractivity contribution in [2.75, 3.05) is 19.6 Å². The molecule has 0 aromatic carbocycles. The fourth-order valence-electron chi connectivity index (χ4n) is 1.62. The van der Waals surface area contributed by atoms with Crippen LogP contribution in [-0.2, 0) is 16.6 Å². The summed E-state index contributed by atoms with van der Waals surface area (Å²) in [5.41, 5.74) is 0. The number of sulfonamides is 1. The van der Waals surface area contributed by atoms with E-state index in [1.54, 1.807) is 10.9 Å². The highest BCUT2D eigenvalue weighted by Gasteiger charge is 2.15. The highest BCUT2D eigenvalue weighted by atomic mass is 32.2. The molecule has 0 saturated heterocycles. The lowest BCUT2D eigenvalue weighted by molar-refractivity contribution is 0.548. The average molecular weight is 288 g/mol. The minimum atomic E-state index is -3.40. The predicted octanol–water partition coefficient (Wildman–Crippen LogP) is 0.961. The summed E-state index contributed by atoms with van der Waals surface area (Å²) in [6, 6.07) is 0. The van der Waals surface area contributed by atoms with Gasteiger partial charge in [-0.25, -0.2) is 13.1 Å². The Morgan fingerprint density at radius 3 is 2.74 bits per heavy atom. The molecule has 1 heterocycles. The summed E-state index contributed by atoms with van der Waals surface area (Å²) in [5.74, 6) is 0. The number of rotatable bonds is 10. The molecule has 0 radical (unpaired) electrons. The van der Waals surface area contributed by atoms with Gasteiger partial charge in [0.15, 0.2) is 0 Å². The molecular weight excluding hydrogens is 264 g/mol. The van der Waals surface area contributed by atoms with Crippen molar-refractivity contribution in [2.45, 2.75) is 44.6 Å². The number of hydrogen-bond donors (Lipinski definition) is 2. The molecule has 1 rings (SSSR count). The van der Waals surface area contributed by atoms with Crippen LogP contribution in [0.25, 0.3) is 0 Å². The van der Waals surface area contributed by atoms with E-state index in [4.69, 9.17) is 0 Å². The molecule has 0 spiro atoms. The summed E-state index contributed by atoms with van der Waals surface area (Å²) in [6.45, 7) is 7.13. The van der Waals surface area contributed by atoms with Gasteiger partial charge < -0.3 is 5.32 Å². The van der Waals surface area contributed by atoms with Gasteiger partial charge in [-0.3, -0.25) is 4.68 Å². The SMILES string of the molecule is CCCCNS(=O)(=O)c1cnn(CCCNCC)c1. The first-order valence-corrected chi connectivity index (χ1v) is 8.31. The van der Waals surface area contributed by atoms with Gasteiger partial charge in [0, 0.05) is 19.3 Å². The molecule has 0 unspecified atom stereocenters. The van der Waals surface area contributed by atoms with Crippen molar-refractivity contribution in [3.8, 4) is 0 Å². The number of nitrogens with one attached hydrogen (secondary N) is 2. The monoisotopic (exact) mass is 288 g/mol. The third-order valence-corrected chi connectivity index (χ3v) is 4.15. The van der Waals surface area contributed by atoms with E-state index in [-0.39, 0.29) is 4.90 Å². The van der Waals surface area contributed by atoms with E-state index in [0.29, 0.717) is 6.54 Å². The van der Waals surface area contributed by atoms with Crippen LogP contribution in [0.2, 0.25) is 0 Å². The van der Waals surface area contributed by atoms with Gasteiger partial charge in [-0.1, -0.05) is 20.3 Å². The van der Waals surface area contributed by atoms with E-state index in [9.17, 15) is 8.42 Å². The number of aryl methyl sites for hydroxylation is 1. The standard InChI is InChI=1S/C12H24N4O2S/c1-3-5-8-15-19(17,18)12-10-14-16(11-12)9-6-7-13-4-2/h10-11,13,15H,3-9H2,1-2H3. The van der Waals surface area contributed by atoms with Gasteiger partial charge in [-0.15, -0.1) is 0 Å². The number of aromatic nitrogens is 2. The van der Waals surface area contributed by atoms with Crippen LogP contribution < -0.4 is 10.0 Å². The summed E-state index contributed by atoms with van der Waals surface area (Å²) in [7, 11) is -3.40. The molecule has 0 bridgehead atoms. The first kappa shape index (κ1) is 16.1. The Morgan fingerprint density at radius 1 is 1.26 bits per heavy atom. The van der Waals surface area contributed by atoms with Crippen molar-refractivity contribution >= 4 is 10.0 Å². The molecule has 110 valence electrons. The third kappa shape index (κ3) is 5.71. The molecule has 7 heteroatoms. The van der Waals surface area contributed by atoms with Gasteiger partial charge in [0.2, 0.25) is 10.0 Å². The van der Waals surface area contributed by atoms with Crippen LogP contribution in [0.4, 0.5) is 0 Å². The molecular formula is C12H24N4O2S. The predicted molar refractivity (Wildman–Crippen MR) is 75.5 cm³/mol. The van der Waals surface area contributed by atoms with E-state index >= 15 is 0 Å². The number of unbranched alkanes of at least 4 members (excludes halogenated alkanes) is 1. The number of hydrogen-bond acceptors (Lipinski definition) is 4. The minimum Gasteiger partial charge on any atom is -0.317 e. The second-order valence-electron chi connectivity index (χ2n) is 4.40. The van der Waals surface area contributed by atoms with Gasteiger partial charge in [-0.2, -0.15) is 5.10 Å². The molecule has 0 fully saturated rings. The van der Waals surface area contributed by atoms with Crippen molar-refractivity contribution < 1.29 is 8.42 Å². The highest BCUT2D eigenvalue weighted by molar-refractivity contribution is 7.89. The summed E-state index contributed by atoms with van der Waals surface area (Å²) < 4.78 is 28.1. The van der Waals surface area contributed by atoms with E-state index in [2.05, 4.69) is 22.1 Å². The lowest BCUT2D eigenvalue weighted by Gasteiger charge is -2.03. The van der Waals surface area contributed by atoms with E-state index in [1.165, 1.54) is 6.20 Å². The smallest absolute Gasteiger partial charge is 0.243 e. The summed E-state index contributed by atoms with van der Waals surface area (Å²) >= 11 is 0. The Kier molecular flexibility index (Phi) is 7.04. The van der Waals surface area contributed by atoms with E-state index in [0.717, 1.165) is 38.9 Å². The average Bonchev–Trinajstić information content (AvgIpc) is 2.84. The fraction of sp³-hybridized carbons (Fsp3) is 0.750. The van der Waals surface area contributed by atoms with Crippen molar-refractivity contribution in [3.63, 3.8) is 0 Å². The minimum absolute atomic E-state index is 0.243. The molecule has 0 aliphatic heterocycles. The maximum Gasteiger partial charge on any atom is 0.243 e. The van der Waals surface area contributed by atoms with E-state index in [1.807, 2.05) is 6.92 Å². The summed E-state index contributed by atoms with van der Waals surface area (Å²) in [4.78, 5) is 0.243. The Balaban J connectivity index is 2.48. The third-order valence-electron chi connectivity index (χ3n) is 2.73. The zero-order chi connectivity index (χ0) is 14.1. The maximum absolute atomic E-state index is 11.9. The van der Waals surface area contributed by atoms with Crippen molar-refractivity contribution in [1.82, 2.24) is 19.8 Å². The van der Waals surface area contributed by atoms with Crippen LogP contribution in [-0.4, -0.2) is 37.8 Å².